The zero-order valence-electron chi connectivity index (χ0n) is 33.9. The number of phenols is 2. The van der Waals surface area contributed by atoms with E-state index in [4.69, 9.17) is 11.5 Å². The topological polar surface area (TPSA) is 191 Å². The Hall–Kier alpha value is -5.72. The number of nitrogens with zero attached hydrogens (tertiary/aromatic N) is 2. The lowest BCUT2D eigenvalue weighted by molar-refractivity contribution is -0.143. The Balaban J connectivity index is 1.04. The van der Waals surface area contributed by atoms with E-state index < -0.39 is 24.2 Å². The van der Waals surface area contributed by atoms with Gasteiger partial charge in [0.2, 0.25) is 23.6 Å². The van der Waals surface area contributed by atoms with Crippen LogP contribution in [0.1, 0.15) is 68.5 Å². The molecule has 0 saturated carbocycles. The van der Waals surface area contributed by atoms with Gasteiger partial charge in [-0.3, -0.25) is 19.2 Å². The van der Waals surface area contributed by atoms with Gasteiger partial charge >= 0.3 is 0 Å². The van der Waals surface area contributed by atoms with Crippen LogP contribution in [0, 0.1) is 27.7 Å². The van der Waals surface area contributed by atoms with Crippen LogP contribution in [-0.2, 0) is 58.0 Å². The number of nitrogens with one attached hydrogen (secondary N) is 2. The molecule has 4 aromatic carbocycles. The summed E-state index contributed by atoms with van der Waals surface area (Å²) >= 11 is 0. The Morgan fingerprint density at radius 3 is 1.28 bits per heavy atom. The number of carbonyl (C=O) groups excluding carboxylic acids is 4. The summed E-state index contributed by atoms with van der Waals surface area (Å²) in [6.07, 6.45) is 2.44. The quantitative estimate of drug-likeness (QED) is 0.111. The molecule has 4 atom stereocenters. The molecule has 0 bridgehead atoms. The minimum Gasteiger partial charge on any atom is -0.508 e. The number of hydrogen-bond donors (Lipinski definition) is 6. The molecule has 306 valence electrons. The van der Waals surface area contributed by atoms with Crippen LogP contribution in [0.2, 0.25) is 0 Å². The largest absolute Gasteiger partial charge is 0.508 e. The first-order valence-electron chi connectivity index (χ1n) is 20.1. The van der Waals surface area contributed by atoms with Crippen molar-refractivity contribution >= 4 is 23.6 Å². The van der Waals surface area contributed by atoms with Crippen LogP contribution in [0.5, 0.6) is 11.5 Å². The van der Waals surface area contributed by atoms with Gasteiger partial charge in [-0.2, -0.15) is 0 Å². The predicted molar refractivity (Wildman–Crippen MR) is 223 cm³/mol. The summed E-state index contributed by atoms with van der Waals surface area (Å²) in [5.74, 6) is -0.829. The Bertz CT molecular complexity index is 1990. The fourth-order valence-corrected chi connectivity index (χ4v) is 8.51. The highest BCUT2D eigenvalue weighted by Gasteiger charge is 2.38. The summed E-state index contributed by atoms with van der Waals surface area (Å²) < 4.78 is 0. The smallest absolute Gasteiger partial charge is 0.243 e. The van der Waals surface area contributed by atoms with Crippen LogP contribution >= 0.6 is 0 Å². The highest BCUT2D eigenvalue weighted by atomic mass is 16.3. The number of carbonyl (C=O) groups is 4. The number of phenolic OH excluding ortho intramolecular Hbond substituents is 2. The van der Waals surface area contributed by atoms with Crippen molar-refractivity contribution in [2.75, 3.05) is 13.1 Å². The third-order valence-corrected chi connectivity index (χ3v) is 11.7. The SMILES string of the molecule is Cc1cc(O)cc(C)c1C[C@H](N)C(=O)N1Cc2ccccc2CC1C(=O)NCCCCNC(=O)C1Cc2ccccc2CN1C(=O)[C@@H](N)Cc1c(C)cc(O)cc1C. The van der Waals surface area contributed by atoms with Crippen LogP contribution in [0.15, 0.2) is 72.8 Å². The number of amides is 4. The van der Waals surface area contributed by atoms with E-state index in [0.717, 1.165) is 55.6 Å². The predicted octanol–water partition coefficient (Wildman–Crippen LogP) is 3.69. The molecule has 0 aliphatic carbocycles. The molecule has 12 heteroatoms. The van der Waals surface area contributed by atoms with Gasteiger partial charge in [0.25, 0.3) is 0 Å². The molecule has 12 nitrogen and oxygen atoms in total. The second kappa shape index (κ2) is 18.3. The number of hydrogen-bond acceptors (Lipinski definition) is 8. The second-order valence-corrected chi connectivity index (χ2v) is 15.9. The lowest BCUT2D eigenvalue weighted by atomic mass is 9.91. The lowest BCUT2D eigenvalue weighted by Gasteiger charge is -2.37. The summed E-state index contributed by atoms with van der Waals surface area (Å²) in [7, 11) is 0. The van der Waals surface area contributed by atoms with Crippen molar-refractivity contribution in [1.29, 1.82) is 0 Å². The highest BCUT2D eigenvalue weighted by Crippen LogP contribution is 2.28. The van der Waals surface area contributed by atoms with Crippen LogP contribution in [0.25, 0.3) is 0 Å². The van der Waals surface area contributed by atoms with E-state index in [1.165, 1.54) is 0 Å². The van der Waals surface area contributed by atoms with Crippen molar-refractivity contribution in [3.63, 3.8) is 0 Å². The Kier molecular flexibility index (Phi) is 13.2. The molecule has 4 amide bonds. The second-order valence-electron chi connectivity index (χ2n) is 15.9. The normalized spacial score (nSPS) is 17.1. The Morgan fingerprint density at radius 1 is 0.603 bits per heavy atom. The number of fused-ring (bicyclic) bond motifs is 2. The highest BCUT2D eigenvalue weighted by molar-refractivity contribution is 5.91. The van der Waals surface area contributed by atoms with Crippen LogP contribution in [0.4, 0.5) is 0 Å². The van der Waals surface area contributed by atoms with Crippen molar-refractivity contribution in [3.8, 4) is 11.5 Å². The summed E-state index contributed by atoms with van der Waals surface area (Å²) in [4.78, 5) is 58.4. The number of unbranched alkanes of at least 4 members (excludes halogenated alkanes) is 1. The van der Waals surface area contributed by atoms with Gasteiger partial charge in [0, 0.05) is 39.0 Å². The van der Waals surface area contributed by atoms with Gasteiger partial charge in [-0.15, -0.1) is 0 Å². The molecule has 4 aromatic rings. The van der Waals surface area contributed by atoms with Gasteiger partial charge in [-0.1, -0.05) is 48.5 Å². The average molecular weight is 789 g/mol. The summed E-state index contributed by atoms with van der Waals surface area (Å²) in [6, 6.07) is 19.0. The standard InChI is InChI=1S/C46H56N6O6/c1-27-17-35(53)18-28(2)37(27)23-39(47)45(57)51-25-33-13-7-5-11-31(33)21-41(51)43(55)49-15-9-10-16-50-44(56)42-22-32-12-6-8-14-34(32)26-52(42)46(58)40(48)24-38-29(3)19-36(54)20-30(38)4/h5-8,11-14,17-20,39-42,53-54H,9-10,15-16,21-26,47-48H2,1-4H3,(H,49,55)(H,50,56)/t39-,40-,41?,42?/m0/s1. The molecule has 0 radical (unpaired) electrons. The van der Waals surface area contributed by atoms with Crippen molar-refractivity contribution in [3.05, 3.63) is 128 Å². The maximum atomic E-state index is 13.9. The van der Waals surface area contributed by atoms with Crippen molar-refractivity contribution < 1.29 is 29.4 Å². The van der Waals surface area contributed by atoms with E-state index in [2.05, 4.69) is 10.6 Å². The number of aromatic hydroxyl groups is 2. The van der Waals surface area contributed by atoms with Gasteiger partial charge < -0.3 is 42.1 Å². The van der Waals surface area contributed by atoms with Crippen LogP contribution < -0.4 is 22.1 Å². The van der Waals surface area contributed by atoms with Crippen LogP contribution in [-0.4, -0.2) is 80.9 Å². The van der Waals surface area contributed by atoms with E-state index in [-0.39, 0.29) is 61.1 Å². The van der Waals surface area contributed by atoms with E-state index in [1.54, 1.807) is 34.1 Å². The zero-order chi connectivity index (χ0) is 41.7. The van der Waals surface area contributed by atoms with Crippen molar-refractivity contribution in [2.45, 2.75) is 103 Å². The molecular weight excluding hydrogens is 733 g/mol. The van der Waals surface area contributed by atoms with E-state index in [9.17, 15) is 29.4 Å². The van der Waals surface area contributed by atoms with E-state index in [0.29, 0.717) is 38.8 Å². The molecule has 0 fully saturated rings. The molecule has 2 aliphatic heterocycles. The molecule has 6 rings (SSSR count). The number of rotatable bonds is 13. The first-order chi connectivity index (χ1) is 27.7. The van der Waals surface area contributed by atoms with Crippen molar-refractivity contribution in [2.24, 2.45) is 11.5 Å². The van der Waals surface area contributed by atoms with Gasteiger partial charge in [0.15, 0.2) is 0 Å². The lowest BCUT2D eigenvalue weighted by Crippen LogP contribution is -2.57. The molecule has 2 unspecified atom stereocenters. The summed E-state index contributed by atoms with van der Waals surface area (Å²) in [5, 5.41) is 26.0. The third-order valence-electron chi connectivity index (χ3n) is 11.7. The molecule has 2 heterocycles. The molecule has 0 aromatic heterocycles. The van der Waals surface area contributed by atoms with Gasteiger partial charge in [-0.05, 0) is 133 Å². The van der Waals surface area contributed by atoms with E-state index >= 15 is 0 Å². The Morgan fingerprint density at radius 2 is 0.931 bits per heavy atom. The monoisotopic (exact) mass is 788 g/mol. The molecule has 58 heavy (non-hydrogen) atoms. The summed E-state index contributed by atoms with van der Waals surface area (Å²) in [5.41, 5.74) is 22.2. The fraction of sp³-hybridized carbons (Fsp3) is 0.391. The fourth-order valence-electron chi connectivity index (χ4n) is 8.51. The molecular formula is C46H56N6O6. The number of nitrogens with two attached hydrogens (primary N) is 2. The summed E-state index contributed by atoms with van der Waals surface area (Å²) in [6.45, 7) is 8.74. The van der Waals surface area contributed by atoms with Crippen LogP contribution in [0.3, 0.4) is 0 Å². The van der Waals surface area contributed by atoms with Gasteiger partial charge in [-0.25, -0.2) is 0 Å². The average Bonchev–Trinajstić information content (AvgIpc) is 3.19. The van der Waals surface area contributed by atoms with E-state index in [1.807, 2.05) is 76.2 Å². The first kappa shape index (κ1) is 41.9. The molecule has 0 spiro atoms. The van der Waals surface area contributed by atoms with Gasteiger partial charge in [0.05, 0.1) is 12.1 Å². The number of aryl methyl sites for hydroxylation is 4. The number of benzene rings is 4. The van der Waals surface area contributed by atoms with Crippen molar-refractivity contribution in [1.82, 2.24) is 20.4 Å². The zero-order valence-corrected chi connectivity index (χ0v) is 33.9. The van der Waals surface area contributed by atoms with Gasteiger partial charge in [0.1, 0.15) is 23.6 Å². The third kappa shape index (κ3) is 9.52. The molecule has 2 aliphatic rings. The minimum absolute atomic E-state index is 0.161. The molecule has 8 N–H and O–H groups in total. The first-order valence-corrected chi connectivity index (χ1v) is 20.1. The molecule has 0 saturated heterocycles. The Labute approximate surface area is 340 Å². The minimum atomic E-state index is -0.877. The maximum absolute atomic E-state index is 13.9. The maximum Gasteiger partial charge on any atom is 0.243 e.